The van der Waals surface area contributed by atoms with Gasteiger partial charge in [-0.3, -0.25) is 9.05 Å². The minimum absolute atomic E-state index is 0. The minimum Gasteiger partial charge on any atom is -0.309 e. The highest BCUT2D eigenvalue weighted by atomic mass is 35.5. The lowest BCUT2D eigenvalue weighted by Crippen LogP contribution is -2.36. The first-order valence-corrected chi connectivity index (χ1v) is 8.49. The third kappa shape index (κ3) is 4.70. The first-order valence-electron chi connectivity index (χ1n) is 7.00. The molecule has 0 aromatic heterocycles. The monoisotopic (exact) mass is 334 g/mol. The van der Waals surface area contributed by atoms with E-state index in [2.05, 4.69) is 11.5 Å². The fourth-order valence-electron chi connectivity index (χ4n) is 2.12. The van der Waals surface area contributed by atoms with Crippen molar-refractivity contribution in [3.63, 3.8) is 0 Å². The van der Waals surface area contributed by atoms with Crippen LogP contribution in [-0.4, -0.2) is 23.5 Å². The van der Waals surface area contributed by atoms with E-state index in [0.29, 0.717) is 6.54 Å². The summed E-state index contributed by atoms with van der Waals surface area (Å²) in [4.78, 5) is 0. The van der Waals surface area contributed by atoms with Gasteiger partial charge in [-0.25, -0.2) is 4.57 Å². The van der Waals surface area contributed by atoms with Crippen LogP contribution in [0.2, 0.25) is 0 Å². The first-order chi connectivity index (χ1) is 9.40. The fourth-order valence-corrected chi connectivity index (χ4v) is 4.04. The van der Waals surface area contributed by atoms with Gasteiger partial charge in [0.15, 0.2) is 0 Å². The van der Waals surface area contributed by atoms with Gasteiger partial charge < -0.3 is 5.43 Å². The molecule has 0 radical (unpaired) electrons. The predicted molar refractivity (Wildman–Crippen MR) is 87.8 cm³/mol. The van der Waals surface area contributed by atoms with E-state index in [1.54, 1.807) is 4.78 Å². The first kappa shape index (κ1) is 18.5. The second-order valence-electron chi connectivity index (χ2n) is 5.42. The molecule has 1 aromatic carbocycles. The number of nitrogens with one attached hydrogen (secondary N) is 1. The molecule has 1 aromatic rings. The highest BCUT2D eigenvalue weighted by Gasteiger charge is 2.38. The number of hydrogen-bond acceptors (Lipinski definition) is 4. The van der Waals surface area contributed by atoms with E-state index in [9.17, 15) is 4.57 Å². The Kier molecular flexibility index (Phi) is 6.70. The van der Waals surface area contributed by atoms with Crippen molar-refractivity contribution >= 4 is 25.8 Å². The lowest BCUT2D eigenvalue weighted by Gasteiger charge is -2.36. The summed E-state index contributed by atoms with van der Waals surface area (Å²) in [5.74, 6) is 0. The highest BCUT2D eigenvalue weighted by Crippen LogP contribution is 2.54. The van der Waals surface area contributed by atoms with Crippen molar-refractivity contribution in [2.45, 2.75) is 46.3 Å². The molecule has 0 fully saturated rings. The molecule has 0 spiro atoms. The van der Waals surface area contributed by atoms with Gasteiger partial charge in [0.1, 0.15) is 0 Å². The Morgan fingerprint density at radius 1 is 1.14 bits per heavy atom. The Labute approximate surface area is 133 Å². The van der Waals surface area contributed by atoms with Crippen molar-refractivity contribution in [1.82, 2.24) is 4.78 Å². The molecule has 2 rings (SSSR count). The van der Waals surface area contributed by atoms with Gasteiger partial charge in [0.05, 0.1) is 17.9 Å². The van der Waals surface area contributed by atoms with E-state index in [0.717, 1.165) is 12.1 Å². The Balaban J connectivity index is 0.00000220. The standard InChI is InChI=1S/C14H23N2O3P.ClH/c1-11(2)18-20(17,19-12(3)4)16-10-9-13-7-5-6-8-14(13)15-16;/h5-8,11-12,15H,9-10H2,1-4H3;1H. The fraction of sp³-hybridized carbons (Fsp3) is 0.571. The molecule has 0 saturated carbocycles. The minimum atomic E-state index is -3.34. The molecule has 1 N–H and O–H groups in total. The number of hydrogen-bond donors (Lipinski definition) is 1. The number of hydrazine groups is 1. The van der Waals surface area contributed by atoms with E-state index < -0.39 is 7.75 Å². The van der Waals surface area contributed by atoms with Crippen LogP contribution in [0.4, 0.5) is 5.69 Å². The van der Waals surface area contributed by atoms with Crippen molar-refractivity contribution in [3.05, 3.63) is 29.8 Å². The maximum absolute atomic E-state index is 13.0. The van der Waals surface area contributed by atoms with Gasteiger partial charge in [-0.2, -0.15) is 0 Å². The molecule has 21 heavy (non-hydrogen) atoms. The van der Waals surface area contributed by atoms with Crippen LogP contribution >= 0.6 is 20.2 Å². The third-order valence-corrected chi connectivity index (χ3v) is 5.11. The molecule has 1 heterocycles. The van der Waals surface area contributed by atoms with Crippen molar-refractivity contribution in [2.24, 2.45) is 0 Å². The number of para-hydroxylation sites is 1. The Morgan fingerprint density at radius 3 is 2.29 bits per heavy atom. The number of halogens is 1. The third-order valence-electron chi connectivity index (χ3n) is 2.84. The van der Waals surface area contributed by atoms with Crippen molar-refractivity contribution in [2.75, 3.05) is 12.0 Å². The van der Waals surface area contributed by atoms with E-state index in [4.69, 9.17) is 9.05 Å². The van der Waals surface area contributed by atoms with Crippen LogP contribution in [0.1, 0.15) is 33.3 Å². The Hall–Kier alpha value is -0.580. The molecule has 0 unspecified atom stereocenters. The summed E-state index contributed by atoms with van der Waals surface area (Å²) in [7, 11) is -3.34. The maximum Gasteiger partial charge on any atom is 0.426 e. The molecule has 0 saturated heterocycles. The summed E-state index contributed by atoms with van der Waals surface area (Å²) < 4.78 is 25.8. The molecule has 0 amide bonds. The van der Waals surface area contributed by atoms with Gasteiger partial charge in [0, 0.05) is 6.54 Å². The molecular weight excluding hydrogens is 311 g/mol. The number of rotatable bonds is 5. The molecule has 120 valence electrons. The average molecular weight is 335 g/mol. The molecule has 1 aliphatic rings. The van der Waals surface area contributed by atoms with E-state index in [-0.39, 0.29) is 24.6 Å². The zero-order chi connectivity index (χ0) is 14.8. The summed E-state index contributed by atoms with van der Waals surface area (Å²) in [5, 5.41) is 0. The molecule has 7 heteroatoms. The summed E-state index contributed by atoms with van der Waals surface area (Å²) >= 11 is 0. The molecule has 0 aliphatic carbocycles. The van der Waals surface area contributed by atoms with E-state index in [1.165, 1.54) is 5.56 Å². The van der Waals surface area contributed by atoms with Crippen molar-refractivity contribution in [1.29, 1.82) is 0 Å². The number of nitrogens with zero attached hydrogens (tertiary/aromatic N) is 1. The van der Waals surface area contributed by atoms with Gasteiger partial charge in [0.25, 0.3) is 0 Å². The number of benzene rings is 1. The molecule has 1 aliphatic heterocycles. The van der Waals surface area contributed by atoms with Crippen LogP contribution in [0.5, 0.6) is 0 Å². The van der Waals surface area contributed by atoms with Crippen molar-refractivity contribution in [3.8, 4) is 0 Å². The second-order valence-corrected chi connectivity index (χ2v) is 7.26. The van der Waals surface area contributed by atoms with Gasteiger partial charge in [-0.1, -0.05) is 18.2 Å². The van der Waals surface area contributed by atoms with Crippen LogP contribution in [0, 0.1) is 0 Å². The lowest BCUT2D eigenvalue weighted by atomic mass is 10.1. The van der Waals surface area contributed by atoms with Gasteiger partial charge in [-0.05, 0) is 45.7 Å². The number of fused-ring (bicyclic) bond motifs is 1. The predicted octanol–water partition coefficient (Wildman–Crippen LogP) is 4.25. The SMILES string of the molecule is CC(C)OP(=O)(OC(C)C)N1CCc2ccccc2N1.Cl. The zero-order valence-electron chi connectivity index (χ0n) is 12.9. The normalized spacial score (nSPS) is 15.5. The van der Waals surface area contributed by atoms with Crippen LogP contribution in [-0.2, 0) is 20.0 Å². The van der Waals surface area contributed by atoms with Crippen molar-refractivity contribution < 1.29 is 13.6 Å². The van der Waals surface area contributed by atoms with Gasteiger partial charge in [-0.15, -0.1) is 17.2 Å². The van der Waals surface area contributed by atoms with E-state index >= 15 is 0 Å². The second kappa shape index (κ2) is 7.61. The number of anilines is 1. The summed E-state index contributed by atoms with van der Waals surface area (Å²) in [5.41, 5.74) is 5.34. The van der Waals surface area contributed by atoms with Crippen LogP contribution < -0.4 is 5.43 Å². The Bertz CT molecular complexity index is 497. The van der Waals surface area contributed by atoms with E-state index in [1.807, 2.05) is 45.9 Å². The van der Waals surface area contributed by atoms with Crippen LogP contribution in [0.25, 0.3) is 0 Å². The largest absolute Gasteiger partial charge is 0.426 e. The molecule has 0 bridgehead atoms. The van der Waals surface area contributed by atoms with Gasteiger partial charge >= 0.3 is 7.75 Å². The molecule has 0 atom stereocenters. The average Bonchev–Trinajstić information content (AvgIpc) is 2.36. The maximum atomic E-state index is 13.0. The van der Waals surface area contributed by atoms with Crippen LogP contribution in [0.3, 0.4) is 0 Å². The Morgan fingerprint density at radius 2 is 1.71 bits per heavy atom. The summed E-state index contributed by atoms with van der Waals surface area (Å²) in [6.45, 7) is 8.01. The zero-order valence-corrected chi connectivity index (χ0v) is 14.6. The smallest absolute Gasteiger partial charge is 0.309 e. The molecule has 5 nitrogen and oxygen atoms in total. The topological polar surface area (TPSA) is 50.8 Å². The summed E-state index contributed by atoms with van der Waals surface area (Å²) in [6.07, 6.45) is 0.480. The summed E-state index contributed by atoms with van der Waals surface area (Å²) in [6, 6.07) is 7.99. The quantitative estimate of drug-likeness (QED) is 0.816. The van der Waals surface area contributed by atoms with Gasteiger partial charge in [0.2, 0.25) is 0 Å². The highest BCUT2D eigenvalue weighted by molar-refractivity contribution is 7.51. The lowest BCUT2D eigenvalue weighted by molar-refractivity contribution is 0.110. The van der Waals surface area contributed by atoms with Crippen LogP contribution in [0.15, 0.2) is 24.3 Å². The molecular formula is C14H24ClN2O3P.